The fourth-order valence-electron chi connectivity index (χ4n) is 3.45. The number of hydrogen-bond donors (Lipinski definition) is 0. The van der Waals surface area contributed by atoms with Crippen LogP contribution in [0.4, 0.5) is 8.78 Å². The molecule has 1 aromatic heterocycles. The van der Waals surface area contributed by atoms with Gasteiger partial charge in [0.15, 0.2) is 0 Å². The van der Waals surface area contributed by atoms with Gasteiger partial charge in [-0.15, -0.1) is 22.0 Å². The first-order valence-electron chi connectivity index (χ1n) is 9.63. The minimum Gasteiger partial charge on any atom is -0.281 e. The van der Waals surface area contributed by atoms with Crippen LogP contribution in [0.1, 0.15) is 43.9 Å². The maximum atomic E-state index is 14.0. The zero-order valence-electron chi connectivity index (χ0n) is 16.3. The lowest BCUT2D eigenvalue weighted by Gasteiger charge is -2.08. The summed E-state index contributed by atoms with van der Waals surface area (Å²) < 4.78 is 28.1. The largest absolute Gasteiger partial charge is 0.281 e. The molecule has 0 spiro atoms. The lowest BCUT2D eigenvalue weighted by atomic mass is 10.0. The number of halogens is 2. The van der Waals surface area contributed by atoms with Crippen LogP contribution >= 0.6 is 11.8 Å². The van der Waals surface area contributed by atoms with E-state index in [0.717, 1.165) is 28.3 Å². The predicted molar refractivity (Wildman–Crippen MR) is 113 cm³/mol. The van der Waals surface area contributed by atoms with Gasteiger partial charge in [0.1, 0.15) is 16.7 Å². The molecule has 1 aliphatic rings. The molecular weight excluding hydrogens is 388 g/mol. The normalized spacial score (nSPS) is 16.3. The van der Waals surface area contributed by atoms with Crippen LogP contribution in [0, 0.1) is 11.6 Å². The van der Waals surface area contributed by atoms with Crippen LogP contribution in [0.2, 0.25) is 0 Å². The maximum absolute atomic E-state index is 14.0. The highest BCUT2D eigenvalue weighted by Gasteiger charge is 2.24. The van der Waals surface area contributed by atoms with Crippen molar-refractivity contribution in [3.8, 4) is 11.3 Å². The molecule has 0 radical (unpaired) electrons. The van der Waals surface area contributed by atoms with Crippen molar-refractivity contribution in [3.63, 3.8) is 0 Å². The minimum absolute atomic E-state index is 0.00116. The van der Waals surface area contributed by atoms with E-state index in [2.05, 4.69) is 29.0 Å². The molecule has 4 rings (SSSR count). The van der Waals surface area contributed by atoms with Gasteiger partial charge >= 0.3 is 0 Å². The molecule has 0 aliphatic carbocycles. The Bertz CT molecular complexity index is 1010. The summed E-state index contributed by atoms with van der Waals surface area (Å²) in [4.78, 5) is 4.60. The van der Waals surface area contributed by atoms with Crippen molar-refractivity contribution in [3.05, 3.63) is 77.4 Å². The second kappa shape index (κ2) is 8.41. The molecule has 1 aliphatic heterocycles. The second-order valence-corrected chi connectivity index (χ2v) is 8.87. The van der Waals surface area contributed by atoms with Gasteiger partial charge in [0.25, 0.3) is 0 Å². The molecule has 0 fully saturated rings. The van der Waals surface area contributed by atoms with Crippen LogP contribution in [0.5, 0.6) is 0 Å². The zero-order valence-corrected chi connectivity index (χ0v) is 17.1. The van der Waals surface area contributed by atoms with E-state index in [1.54, 1.807) is 11.8 Å². The van der Waals surface area contributed by atoms with Gasteiger partial charge in [-0.2, -0.15) is 0 Å². The standard InChI is InChI=1S/C23H21F2N3S/c1-14(2)29-22-13-12-20(27-28-22)16-8-6-15(7-9-16)19-10-11-21(26-19)23-17(24)4-3-5-18(23)25/h3-9,12-14,19H,10-11H2,1-2H3. The average Bonchev–Trinajstić information content (AvgIpc) is 3.18. The summed E-state index contributed by atoms with van der Waals surface area (Å²) in [7, 11) is 0. The van der Waals surface area contributed by atoms with Crippen molar-refractivity contribution in [2.75, 3.05) is 0 Å². The first kappa shape index (κ1) is 19.7. The van der Waals surface area contributed by atoms with E-state index in [9.17, 15) is 8.78 Å². The van der Waals surface area contributed by atoms with Crippen LogP contribution in [0.3, 0.4) is 0 Å². The first-order chi connectivity index (χ1) is 14.0. The van der Waals surface area contributed by atoms with Crippen LogP contribution in [-0.4, -0.2) is 21.2 Å². The highest BCUT2D eigenvalue weighted by atomic mass is 32.2. The number of rotatable bonds is 5. The van der Waals surface area contributed by atoms with Gasteiger partial charge in [-0.1, -0.05) is 44.2 Å². The highest BCUT2D eigenvalue weighted by molar-refractivity contribution is 7.99. The Morgan fingerprint density at radius 1 is 0.931 bits per heavy atom. The van der Waals surface area contributed by atoms with Gasteiger partial charge in [-0.25, -0.2) is 8.78 Å². The number of benzene rings is 2. The highest BCUT2D eigenvalue weighted by Crippen LogP contribution is 2.33. The molecular formula is C23H21F2N3S. The van der Waals surface area contributed by atoms with Crippen LogP contribution in [0.25, 0.3) is 11.3 Å². The Balaban J connectivity index is 1.52. The molecule has 0 N–H and O–H groups in total. The number of aliphatic imine (C=N–C) groups is 1. The molecule has 0 saturated heterocycles. The van der Waals surface area contributed by atoms with E-state index in [1.165, 1.54) is 18.2 Å². The Labute approximate surface area is 173 Å². The molecule has 0 amide bonds. The van der Waals surface area contributed by atoms with E-state index >= 15 is 0 Å². The van der Waals surface area contributed by atoms with Crippen molar-refractivity contribution in [1.82, 2.24) is 10.2 Å². The van der Waals surface area contributed by atoms with E-state index in [4.69, 9.17) is 0 Å². The van der Waals surface area contributed by atoms with Crippen molar-refractivity contribution < 1.29 is 8.78 Å². The van der Waals surface area contributed by atoms with Gasteiger partial charge < -0.3 is 0 Å². The summed E-state index contributed by atoms with van der Waals surface area (Å²) >= 11 is 1.68. The number of thioether (sulfide) groups is 1. The lowest BCUT2D eigenvalue weighted by Crippen LogP contribution is -2.03. The van der Waals surface area contributed by atoms with Gasteiger partial charge in [-0.3, -0.25) is 4.99 Å². The average molecular weight is 410 g/mol. The number of hydrogen-bond acceptors (Lipinski definition) is 4. The van der Waals surface area contributed by atoms with Crippen LogP contribution in [-0.2, 0) is 0 Å². The predicted octanol–water partition coefficient (Wildman–Crippen LogP) is 6.25. The Kier molecular flexibility index (Phi) is 5.72. The molecule has 2 aromatic carbocycles. The summed E-state index contributed by atoms with van der Waals surface area (Å²) in [6.07, 6.45) is 1.30. The monoisotopic (exact) mass is 409 g/mol. The molecule has 3 nitrogen and oxygen atoms in total. The van der Waals surface area contributed by atoms with Gasteiger partial charge in [0.2, 0.25) is 0 Å². The van der Waals surface area contributed by atoms with Gasteiger partial charge in [0, 0.05) is 16.5 Å². The smallest absolute Gasteiger partial charge is 0.135 e. The van der Waals surface area contributed by atoms with E-state index in [-0.39, 0.29) is 11.6 Å². The summed E-state index contributed by atoms with van der Waals surface area (Å²) in [5.41, 5.74) is 3.32. The molecule has 6 heteroatoms. The summed E-state index contributed by atoms with van der Waals surface area (Å²) in [5.74, 6) is -1.12. The Morgan fingerprint density at radius 2 is 1.66 bits per heavy atom. The zero-order chi connectivity index (χ0) is 20.4. The molecule has 29 heavy (non-hydrogen) atoms. The minimum atomic E-state index is -0.558. The van der Waals surface area contributed by atoms with E-state index in [1.807, 2.05) is 36.4 Å². The summed E-state index contributed by atoms with van der Waals surface area (Å²) in [6.45, 7) is 4.24. The topological polar surface area (TPSA) is 38.1 Å². The Morgan fingerprint density at radius 3 is 2.28 bits per heavy atom. The third-order valence-electron chi connectivity index (χ3n) is 4.81. The molecule has 1 unspecified atom stereocenters. The van der Waals surface area contributed by atoms with Crippen molar-refractivity contribution in [2.45, 2.75) is 43.0 Å². The van der Waals surface area contributed by atoms with Crippen molar-refractivity contribution in [2.24, 2.45) is 4.99 Å². The third-order valence-corrected chi connectivity index (χ3v) is 5.74. The fraction of sp³-hybridized carbons (Fsp3) is 0.261. The molecule has 3 aromatic rings. The molecule has 1 atom stereocenters. The van der Waals surface area contributed by atoms with Crippen molar-refractivity contribution in [1.29, 1.82) is 0 Å². The fourth-order valence-corrected chi connectivity index (χ4v) is 4.17. The quantitative estimate of drug-likeness (QED) is 0.468. The summed E-state index contributed by atoms with van der Waals surface area (Å²) in [5, 5.41) is 9.97. The summed E-state index contributed by atoms with van der Waals surface area (Å²) in [6, 6.07) is 15.8. The lowest BCUT2D eigenvalue weighted by molar-refractivity contribution is 0.578. The SMILES string of the molecule is CC(C)Sc1ccc(-c2ccc(C3CCC(c4c(F)cccc4F)=N3)cc2)nn1. The Hall–Kier alpha value is -2.60. The maximum Gasteiger partial charge on any atom is 0.135 e. The van der Waals surface area contributed by atoms with Crippen molar-refractivity contribution >= 4 is 17.5 Å². The third kappa shape index (κ3) is 4.37. The van der Waals surface area contributed by atoms with E-state index in [0.29, 0.717) is 17.4 Å². The first-order valence-corrected chi connectivity index (χ1v) is 10.5. The number of aromatic nitrogens is 2. The van der Waals surface area contributed by atoms with Crippen LogP contribution < -0.4 is 0 Å². The molecule has 2 heterocycles. The van der Waals surface area contributed by atoms with Gasteiger partial charge in [-0.05, 0) is 42.7 Å². The van der Waals surface area contributed by atoms with E-state index < -0.39 is 11.6 Å². The molecule has 0 bridgehead atoms. The second-order valence-electron chi connectivity index (χ2n) is 7.27. The van der Waals surface area contributed by atoms with Gasteiger partial charge in [0.05, 0.1) is 17.3 Å². The van der Waals surface area contributed by atoms with Crippen LogP contribution in [0.15, 0.2) is 64.6 Å². The molecule has 0 saturated carbocycles. The molecule has 148 valence electrons. The number of nitrogens with zero attached hydrogens (tertiary/aromatic N) is 3.